The molecule has 1 fully saturated rings. The number of rotatable bonds is 6. The minimum atomic E-state index is -0.483. The molecular weight excluding hydrogens is 234 g/mol. The maximum Gasteiger partial charge on any atom is 0.360 e. The molecular formula is C12H15N3O3. The Balaban J connectivity index is 2.06. The van der Waals surface area contributed by atoms with Gasteiger partial charge in [0, 0.05) is 12.6 Å². The van der Waals surface area contributed by atoms with Crippen LogP contribution in [0.25, 0.3) is 0 Å². The maximum absolute atomic E-state index is 11.5. The topological polar surface area (TPSA) is 79.4 Å². The summed E-state index contributed by atoms with van der Waals surface area (Å²) in [5.74, 6) is -0.483. The Hall–Kier alpha value is -2.03. The summed E-state index contributed by atoms with van der Waals surface area (Å²) >= 11 is 0. The fourth-order valence-electron chi connectivity index (χ4n) is 1.69. The third kappa shape index (κ3) is 2.80. The van der Waals surface area contributed by atoms with E-state index in [1.54, 1.807) is 6.92 Å². The van der Waals surface area contributed by atoms with Gasteiger partial charge in [-0.15, -0.1) is 0 Å². The van der Waals surface area contributed by atoms with Gasteiger partial charge in [-0.05, 0) is 19.8 Å². The van der Waals surface area contributed by atoms with E-state index in [4.69, 9.17) is 14.4 Å². The summed E-state index contributed by atoms with van der Waals surface area (Å²) in [6, 6.07) is 2.88. The third-order valence-electron chi connectivity index (χ3n) is 2.67. The molecule has 0 N–H and O–H groups in total. The highest BCUT2D eigenvalue weighted by molar-refractivity contribution is 5.87. The van der Waals surface area contributed by atoms with Crippen LogP contribution in [0.15, 0.2) is 10.7 Å². The van der Waals surface area contributed by atoms with Crippen LogP contribution >= 0.6 is 0 Å². The van der Waals surface area contributed by atoms with Crippen molar-refractivity contribution in [3.63, 3.8) is 0 Å². The molecule has 0 aromatic carbocycles. The standard InChI is InChI=1S/C12H15N3O3/c1-2-17-11(16)10-8-18-12(14-10)15(7-3-6-13)9-4-5-9/h8-9H,2-5,7H2,1H3. The number of hydrogen-bond acceptors (Lipinski definition) is 6. The summed E-state index contributed by atoms with van der Waals surface area (Å²) in [4.78, 5) is 17.5. The van der Waals surface area contributed by atoms with Crippen LogP contribution in [-0.2, 0) is 4.74 Å². The van der Waals surface area contributed by atoms with Gasteiger partial charge >= 0.3 is 5.97 Å². The Morgan fingerprint density at radius 3 is 3.11 bits per heavy atom. The Kier molecular flexibility index (Phi) is 3.82. The van der Waals surface area contributed by atoms with Gasteiger partial charge in [-0.25, -0.2) is 4.79 Å². The summed E-state index contributed by atoms with van der Waals surface area (Å²) in [7, 11) is 0. The molecule has 1 heterocycles. The van der Waals surface area contributed by atoms with E-state index < -0.39 is 5.97 Å². The van der Waals surface area contributed by atoms with Gasteiger partial charge in [0.25, 0.3) is 6.01 Å². The van der Waals surface area contributed by atoms with Crippen molar-refractivity contribution in [3.05, 3.63) is 12.0 Å². The number of anilines is 1. The van der Waals surface area contributed by atoms with Crippen molar-refractivity contribution >= 4 is 12.0 Å². The smallest absolute Gasteiger partial charge is 0.360 e. The van der Waals surface area contributed by atoms with E-state index in [9.17, 15) is 4.79 Å². The van der Waals surface area contributed by atoms with Crippen molar-refractivity contribution in [2.75, 3.05) is 18.1 Å². The summed E-state index contributed by atoms with van der Waals surface area (Å²) in [6.45, 7) is 2.62. The summed E-state index contributed by atoms with van der Waals surface area (Å²) in [6.07, 6.45) is 3.85. The highest BCUT2D eigenvalue weighted by Crippen LogP contribution is 2.31. The number of aromatic nitrogens is 1. The maximum atomic E-state index is 11.5. The molecule has 0 radical (unpaired) electrons. The van der Waals surface area contributed by atoms with E-state index in [0.717, 1.165) is 12.8 Å². The molecule has 96 valence electrons. The molecule has 0 saturated heterocycles. The van der Waals surface area contributed by atoms with Crippen LogP contribution in [0.2, 0.25) is 0 Å². The zero-order chi connectivity index (χ0) is 13.0. The first kappa shape index (κ1) is 12.4. The first-order valence-corrected chi connectivity index (χ1v) is 6.02. The molecule has 1 aliphatic rings. The molecule has 0 aliphatic heterocycles. The molecule has 1 aromatic heterocycles. The van der Waals surface area contributed by atoms with Gasteiger partial charge in [0.1, 0.15) is 6.26 Å². The van der Waals surface area contributed by atoms with E-state index in [0.29, 0.717) is 31.6 Å². The van der Waals surface area contributed by atoms with Gasteiger partial charge < -0.3 is 14.1 Å². The van der Waals surface area contributed by atoms with Gasteiger partial charge in [-0.2, -0.15) is 10.2 Å². The van der Waals surface area contributed by atoms with Crippen molar-refractivity contribution in [2.24, 2.45) is 0 Å². The number of oxazole rings is 1. The molecule has 18 heavy (non-hydrogen) atoms. The Morgan fingerprint density at radius 1 is 1.72 bits per heavy atom. The molecule has 0 amide bonds. The molecule has 1 aliphatic carbocycles. The predicted octanol–water partition coefficient (Wildman–Crippen LogP) is 1.73. The fourth-order valence-corrected chi connectivity index (χ4v) is 1.69. The van der Waals surface area contributed by atoms with Crippen molar-refractivity contribution in [3.8, 4) is 6.07 Å². The normalized spacial score (nSPS) is 14.0. The fraction of sp³-hybridized carbons (Fsp3) is 0.583. The highest BCUT2D eigenvalue weighted by Gasteiger charge is 2.32. The van der Waals surface area contributed by atoms with Crippen LogP contribution < -0.4 is 4.90 Å². The van der Waals surface area contributed by atoms with Crippen LogP contribution in [0.4, 0.5) is 6.01 Å². The van der Waals surface area contributed by atoms with E-state index in [1.807, 2.05) is 4.90 Å². The quantitative estimate of drug-likeness (QED) is 0.714. The lowest BCUT2D eigenvalue weighted by Gasteiger charge is -2.17. The summed E-state index contributed by atoms with van der Waals surface area (Å²) in [5, 5.41) is 8.63. The van der Waals surface area contributed by atoms with Crippen molar-refractivity contribution in [1.82, 2.24) is 4.98 Å². The second-order valence-electron chi connectivity index (χ2n) is 4.07. The van der Waals surface area contributed by atoms with Crippen molar-refractivity contribution in [1.29, 1.82) is 5.26 Å². The zero-order valence-corrected chi connectivity index (χ0v) is 10.3. The van der Waals surface area contributed by atoms with Gasteiger partial charge in [0.05, 0.1) is 19.1 Å². The van der Waals surface area contributed by atoms with Crippen LogP contribution in [0, 0.1) is 11.3 Å². The van der Waals surface area contributed by atoms with E-state index in [-0.39, 0.29) is 5.69 Å². The molecule has 1 aromatic rings. The van der Waals surface area contributed by atoms with E-state index in [1.165, 1.54) is 6.26 Å². The van der Waals surface area contributed by atoms with E-state index in [2.05, 4.69) is 11.1 Å². The molecule has 0 atom stereocenters. The number of carbonyl (C=O) groups excluding carboxylic acids is 1. The highest BCUT2D eigenvalue weighted by atomic mass is 16.5. The number of hydrogen-bond donors (Lipinski definition) is 0. The SMILES string of the molecule is CCOC(=O)c1coc(N(CCC#N)C2CC2)n1. The lowest BCUT2D eigenvalue weighted by molar-refractivity contribution is 0.0519. The van der Waals surface area contributed by atoms with Crippen LogP contribution in [0.3, 0.4) is 0 Å². The van der Waals surface area contributed by atoms with Crippen LogP contribution in [0.1, 0.15) is 36.7 Å². The van der Waals surface area contributed by atoms with E-state index >= 15 is 0 Å². The summed E-state index contributed by atoms with van der Waals surface area (Å²) < 4.78 is 10.1. The third-order valence-corrected chi connectivity index (χ3v) is 2.67. The molecule has 0 bridgehead atoms. The molecule has 0 unspecified atom stereocenters. The zero-order valence-electron chi connectivity index (χ0n) is 10.3. The average Bonchev–Trinajstić information content (AvgIpc) is 3.07. The Labute approximate surface area is 105 Å². The minimum absolute atomic E-state index is 0.175. The lowest BCUT2D eigenvalue weighted by Crippen LogP contribution is -2.27. The minimum Gasteiger partial charge on any atom is -0.461 e. The second kappa shape index (κ2) is 5.54. The van der Waals surface area contributed by atoms with Crippen molar-refractivity contribution < 1.29 is 13.9 Å². The van der Waals surface area contributed by atoms with Crippen molar-refractivity contribution in [2.45, 2.75) is 32.2 Å². The monoisotopic (exact) mass is 249 g/mol. The van der Waals surface area contributed by atoms with Gasteiger partial charge in [-0.1, -0.05) is 0 Å². The van der Waals surface area contributed by atoms with Gasteiger partial charge in [-0.3, -0.25) is 0 Å². The first-order valence-electron chi connectivity index (χ1n) is 6.02. The largest absolute Gasteiger partial charge is 0.461 e. The number of ether oxygens (including phenoxy) is 1. The van der Waals surface area contributed by atoms with Crippen LogP contribution in [-0.4, -0.2) is 30.1 Å². The number of nitriles is 1. The summed E-state index contributed by atoms with van der Waals surface area (Å²) in [5.41, 5.74) is 0.175. The number of esters is 1. The molecule has 2 rings (SSSR count). The Bertz CT molecular complexity index is 459. The predicted molar refractivity (Wildman–Crippen MR) is 63.1 cm³/mol. The van der Waals surface area contributed by atoms with Crippen LogP contribution in [0.5, 0.6) is 0 Å². The molecule has 0 spiro atoms. The molecule has 1 saturated carbocycles. The number of carbonyl (C=O) groups is 1. The molecule has 6 nitrogen and oxygen atoms in total. The second-order valence-corrected chi connectivity index (χ2v) is 4.07. The molecule has 6 heteroatoms. The lowest BCUT2D eigenvalue weighted by atomic mass is 10.4. The number of nitrogens with zero attached hydrogens (tertiary/aromatic N) is 3. The van der Waals surface area contributed by atoms with Gasteiger partial charge in [0.15, 0.2) is 5.69 Å². The first-order chi connectivity index (χ1) is 8.76. The average molecular weight is 249 g/mol. The van der Waals surface area contributed by atoms with Gasteiger partial charge in [0.2, 0.25) is 0 Å². The Morgan fingerprint density at radius 2 is 2.50 bits per heavy atom.